The Labute approximate surface area is 109 Å². The molecule has 7 heteroatoms. The van der Waals surface area contributed by atoms with Gasteiger partial charge >= 0.3 is 12.6 Å². The van der Waals surface area contributed by atoms with Crippen molar-refractivity contribution in [2.45, 2.75) is 13.0 Å². The number of carboxylic acids is 1. The van der Waals surface area contributed by atoms with Gasteiger partial charge in [-0.25, -0.2) is 0 Å². The summed E-state index contributed by atoms with van der Waals surface area (Å²) in [6, 6.07) is 4.34. The minimum absolute atomic E-state index is 0.167. The second-order valence-corrected chi connectivity index (χ2v) is 4.12. The molecular formula is C10H6F2INO3. The van der Waals surface area contributed by atoms with Gasteiger partial charge in [-0.05, 0) is 40.3 Å². The minimum Gasteiger partial charge on any atom is -0.481 e. The molecule has 0 fully saturated rings. The summed E-state index contributed by atoms with van der Waals surface area (Å²) in [5.41, 5.74) is 0.0124. The number of nitriles is 1. The molecule has 1 N–H and O–H groups in total. The summed E-state index contributed by atoms with van der Waals surface area (Å²) in [5.74, 6) is -1.45. The highest BCUT2D eigenvalue weighted by molar-refractivity contribution is 14.1. The van der Waals surface area contributed by atoms with E-state index in [4.69, 9.17) is 10.4 Å². The average Bonchev–Trinajstić information content (AvgIpc) is 2.22. The first-order chi connectivity index (χ1) is 7.95. The number of nitrogens with zero attached hydrogens (tertiary/aromatic N) is 1. The van der Waals surface area contributed by atoms with E-state index in [1.165, 1.54) is 12.1 Å². The van der Waals surface area contributed by atoms with Crippen molar-refractivity contribution in [2.24, 2.45) is 0 Å². The normalized spacial score (nSPS) is 10.1. The number of hydrogen-bond donors (Lipinski definition) is 1. The van der Waals surface area contributed by atoms with E-state index in [1.54, 1.807) is 6.07 Å². The van der Waals surface area contributed by atoms with Crippen molar-refractivity contribution >= 4 is 28.6 Å². The quantitative estimate of drug-likeness (QED) is 0.844. The Kier molecular flexibility index (Phi) is 4.62. The summed E-state index contributed by atoms with van der Waals surface area (Å²) in [6.45, 7) is -3.06. The molecular weight excluding hydrogens is 347 g/mol. The van der Waals surface area contributed by atoms with Gasteiger partial charge in [-0.2, -0.15) is 14.0 Å². The molecule has 0 saturated carbocycles. The van der Waals surface area contributed by atoms with Gasteiger partial charge in [0.15, 0.2) is 0 Å². The molecule has 0 aliphatic rings. The van der Waals surface area contributed by atoms with E-state index in [1.807, 2.05) is 22.6 Å². The molecule has 0 aromatic heterocycles. The van der Waals surface area contributed by atoms with Gasteiger partial charge in [0, 0.05) is 3.57 Å². The van der Waals surface area contributed by atoms with E-state index in [0.717, 1.165) is 0 Å². The number of rotatable bonds is 4. The smallest absolute Gasteiger partial charge is 0.387 e. The van der Waals surface area contributed by atoms with Gasteiger partial charge in [-0.1, -0.05) is 0 Å². The number of halogens is 3. The van der Waals surface area contributed by atoms with Crippen molar-refractivity contribution < 1.29 is 23.4 Å². The summed E-state index contributed by atoms with van der Waals surface area (Å²) in [7, 11) is 0. The molecule has 0 saturated heterocycles. The first kappa shape index (κ1) is 13.6. The summed E-state index contributed by atoms with van der Waals surface area (Å²) in [6.07, 6.45) is -0.415. The molecule has 0 aliphatic heterocycles. The number of aliphatic carboxylic acids is 1. The van der Waals surface area contributed by atoms with Crippen LogP contribution < -0.4 is 4.74 Å². The fraction of sp³-hybridized carbons (Fsp3) is 0.200. The maximum absolute atomic E-state index is 12.1. The topological polar surface area (TPSA) is 70.3 Å². The standard InChI is InChI=1S/C10H6F2INO3/c11-10(12)17-8-2-1-7(13)5(3-9(15)16)6(8)4-14/h1-2,10H,3H2,(H,15,16). The minimum atomic E-state index is -3.06. The van der Waals surface area contributed by atoms with Crippen LogP contribution >= 0.6 is 22.6 Å². The van der Waals surface area contributed by atoms with E-state index in [2.05, 4.69) is 4.74 Å². The van der Waals surface area contributed by atoms with Crippen molar-refractivity contribution in [2.75, 3.05) is 0 Å². The summed E-state index contributed by atoms with van der Waals surface area (Å²) < 4.78 is 28.8. The number of hydrogen-bond acceptors (Lipinski definition) is 3. The summed E-state index contributed by atoms with van der Waals surface area (Å²) in [5, 5.41) is 17.6. The molecule has 1 aromatic rings. The lowest BCUT2D eigenvalue weighted by Gasteiger charge is -2.10. The Bertz CT molecular complexity index is 485. The molecule has 0 radical (unpaired) electrons. The van der Waals surface area contributed by atoms with Gasteiger partial charge < -0.3 is 9.84 Å². The third-order valence-electron chi connectivity index (χ3n) is 1.87. The third kappa shape index (κ3) is 3.52. The lowest BCUT2D eigenvalue weighted by atomic mass is 10.0. The molecule has 1 rings (SSSR count). The van der Waals surface area contributed by atoms with Crippen LogP contribution in [0.3, 0.4) is 0 Å². The molecule has 0 atom stereocenters. The molecule has 0 amide bonds. The molecule has 0 unspecified atom stereocenters. The highest BCUT2D eigenvalue weighted by Crippen LogP contribution is 2.27. The molecule has 1 aromatic carbocycles. The van der Waals surface area contributed by atoms with Crippen LogP contribution in [0.25, 0.3) is 0 Å². The second kappa shape index (κ2) is 5.77. The zero-order valence-electron chi connectivity index (χ0n) is 8.28. The SMILES string of the molecule is N#Cc1c(OC(F)F)ccc(I)c1CC(=O)O. The third-order valence-corrected chi connectivity index (χ3v) is 2.88. The Morgan fingerprint density at radius 2 is 2.24 bits per heavy atom. The number of carbonyl (C=O) groups is 1. The van der Waals surface area contributed by atoms with Crippen LogP contribution in [0.1, 0.15) is 11.1 Å². The number of carboxylic acid groups (broad SMARTS) is 1. The van der Waals surface area contributed by atoms with Gasteiger partial charge in [0.25, 0.3) is 0 Å². The Morgan fingerprint density at radius 3 is 2.71 bits per heavy atom. The van der Waals surface area contributed by atoms with Gasteiger partial charge in [-0.15, -0.1) is 0 Å². The van der Waals surface area contributed by atoms with E-state index >= 15 is 0 Å². The van der Waals surface area contributed by atoms with Crippen molar-refractivity contribution in [3.8, 4) is 11.8 Å². The van der Waals surface area contributed by atoms with Crippen molar-refractivity contribution in [3.63, 3.8) is 0 Å². The maximum atomic E-state index is 12.1. The van der Waals surface area contributed by atoms with Gasteiger partial charge in [-0.3, -0.25) is 4.79 Å². The van der Waals surface area contributed by atoms with Gasteiger partial charge in [0.2, 0.25) is 0 Å². The Hall–Kier alpha value is -1.43. The highest BCUT2D eigenvalue weighted by Gasteiger charge is 2.17. The highest BCUT2D eigenvalue weighted by atomic mass is 127. The number of ether oxygens (including phenoxy) is 1. The second-order valence-electron chi connectivity index (χ2n) is 2.96. The lowest BCUT2D eigenvalue weighted by Crippen LogP contribution is -2.09. The molecule has 0 bridgehead atoms. The van der Waals surface area contributed by atoms with Crippen LogP contribution in [0, 0.1) is 14.9 Å². The summed E-state index contributed by atoms with van der Waals surface area (Å²) in [4.78, 5) is 10.6. The average molecular weight is 353 g/mol. The fourth-order valence-corrected chi connectivity index (χ4v) is 1.88. The van der Waals surface area contributed by atoms with Crippen LogP contribution in [-0.4, -0.2) is 17.7 Å². The predicted molar refractivity (Wildman–Crippen MR) is 61.8 cm³/mol. The van der Waals surface area contributed by atoms with Crippen LogP contribution in [0.2, 0.25) is 0 Å². The molecule has 0 aliphatic carbocycles. The predicted octanol–water partition coefficient (Wildman–Crippen LogP) is 2.39. The van der Waals surface area contributed by atoms with E-state index in [0.29, 0.717) is 3.57 Å². The van der Waals surface area contributed by atoms with Crippen LogP contribution in [0.4, 0.5) is 8.78 Å². The number of alkyl halides is 2. The zero-order chi connectivity index (χ0) is 13.0. The largest absolute Gasteiger partial charge is 0.481 e. The molecule has 90 valence electrons. The summed E-state index contributed by atoms with van der Waals surface area (Å²) >= 11 is 1.84. The molecule has 0 spiro atoms. The zero-order valence-corrected chi connectivity index (χ0v) is 10.4. The van der Waals surface area contributed by atoms with Crippen LogP contribution in [0.5, 0.6) is 5.75 Å². The van der Waals surface area contributed by atoms with E-state index in [9.17, 15) is 13.6 Å². The Morgan fingerprint density at radius 1 is 1.59 bits per heavy atom. The molecule has 17 heavy (non-hydrogen) atoms. The van der Waals surface area contributed by atoms with Crippen LogP contribution in [0.15, 0.2) is 12.1 Å². The Balaban J connectivity index is 3.27. The van der Waals surface area contributed by atoms with Crippen LogP contribution in [-0.2, 0) is 11.2 Å². The number of benzene rings is 1. The first-order valence-corrected chi connectivity index (χ1v) is 5.41. The monoisotopic (exact) mass is 353 g/mol. The first-order valence-electron chi connectivity index (χ1n) is 4.33. The van der Waals surface area contributed by atoms with Crippen molar-refractivity contribution in [3.05, 3.63) is 26.8 Å². The van der Waals surface area contributed by atoms with Crippen molar-refractivity contribution in [1.29, 1.82) is 5.26 Å². The van der Waals surface area contributed by atoms with E-state index in [-0.39, 0.29) is 16.9 Å². The lowest BCUT2D eigenvalue weighted by molar-refractivity contribution is -0.136. The maximum Gasteiger partial charge on any atom is 0.387 e. The van der Waals surface area contributed by atoms with Crippen molar-refractivity contribution in [1.82, 2.24) is 0 Å². The fourth-order valence-electron chi connectivity index (χ4n) is 1.24. The van der Waals surface area contributed by atoms with E-state index < -0.39 is 19.0 Å². The van der Waals surface area contributed by atoms with Gasteiger partial charge in [0.05, 0.1) is 12.0 Å². The molecule has 0 heterocycles. The van der Waals surface area contributed by atoms with Gasteiger partial charge in [0.1, 0.15) is 11.8 Å². The molecule has 4 nitrogen and oxygen atoms in total.